The molecule has 2 aromatic carbocycles. The molecule has 1 unspecified atom stereocenters. The van der Waals surface area contributed by atoms with Crippen molar-refractivity contribution in [2.45, 2.75) is 43.9 Å². The lowest BCUT2D eigenvalue weighted by Gasteiger charge is -2.39. The number of nitrogens with one attached hydrogen (secondary N) is 1. The Hall–Kier alpha value is -2.31. The summed E-state index contributed by atoms with van der Waals surface area (Å²) in [6, 6.07) is 12.1. The number of carbonyl (C=O) groups excluding carboxylic acids is 1. The SMILES string of the molecule is O=C1N(Cc2ccc(F)c(F)c2)CCCC1(O)CNC1Cc2ccccc2C1. The molecule has 1 fully saturated rings. The maximum absolute atomic E-state index is 13.5. The van der Waals surface area contributed by atoms with Crippen molar-refractivity contribution in [3.05, 3.63) is 70.8 Å². The summed E-state index contributed by atoms with van der Waals surface area (Å²) < 4.78 is 26.6. The third-order valence-corrected chi connectivity index (χ3v) is 5.80. The van der Waals surface area contributed by atoms with Crippen molar-refractivity contribution in [3.63, 3.8) is 0 Å². The van der Waals surface area contributed by atoms with E-state index in [2.05, 4.69) is 17.4 Å². The number of amides is 1. The molecule has 6 heteroatoms. The molecule has 2 N–H and O–H groups in total. The number of halogens is 2. The second-order valence-electron chi connectivity index (χ2n) is 7.87. The average molecular weight is 386 g/mol. The summed E-state index contributed by atoms with van der Waals surface area (Å²) in [5.74, 6) is -2.20. The van der Waals surface area contributed by atoms with Crippen LogP contribution in [0.1, 0.15) is 29.5 Å². The van der Waals surface area contributed by atoms with Crippen LogP contribution in [0.2, 0.25) is 0 Å². The minimum absolute atomic E-state index is 0.160. The molecule has 148 valence electrons. The largest absolute Gasteiger partial charge is 0.379 e. The molecule has 2 aromatic rings. The van der Waals surface area contributed by atoms with Crippen LogP contribution in [0, 0.1) is 11.6 Å². The zero-order chi connectivity index (χ0) is 19.7. The first-order valence-corrected chi connectivity index (χ1v) is 9.70. The fourth-order valence-corrected chi connectivity index (χ4v) is 4.25. The minimum Gasteiger partial charge on any atom is -0.379 e. The molecule has 1 aliphatic carbocycles. The van der Waals surface area contributed by atoms with E-state index < -0.39 is 17.2 Å². The van der Waals surface area contributed by atoms with E-state index in [4.69, 9.17) is 0 Å². The van der Waals surface area contributed by atoms with Crippen LogP contribution in [0.5, 0.6) is 0 Å². The van der Waals surface area contributed by atoms with Crippen molar-refractivity contribution in [1.29, 1.82) is 0 Å². The standard InChI is InChI=1S/C22H24F2N2O2/c23-19-7-6-15(10-20(19)24)13-26-9-3-8-22(28,21(26)27)14-25-18-11-16-4-1-2-5-17(16)12-18/h1-2,4-7,10,18,25,28H,3,8-9,11-14H2. The molecule has 0 aromatic heterocycles. The molecule has 1 aliphatic heterocycles. The van der Waals surface area contributed by atoms with Crippen molar-refractivity contribution < 1.29 is 18.7 Å². The zero-order valence-electron chi connectivity index (χ0n) is 15.6. The average Bonchev–Trinajstić information content (AvgIpc) is 3.10. The van der Waals surface area contributed by atoms with E-state index in [1.807, 2.05) is 12.1 Å². The Morgan fingerprint density at radius 2 is 1.82 bits per heavy atom. The first-order valence-electron chi connectivity index (χ1n) is 9.70. The van der Waals surface area contributed by atoms with Gasteiger partial charge in [-0.2, -0.15) is 0 Å². The van der Waals surface area contributed by atoms with E-state index in [-0.39, 0.29) is 25.0 Å². The van der Waals surface area contributed by atoms with Gasteiger partial charge in [-0.05, 0) is 54.5 Å². The molecule has 28 heavy (non-hydrogen) atoms. The van der Waals surface area contributed by atoms with Crippen LogP contribution in [0.25, 0.3) is 0 Å². The second kappa shape index (κ2) is 7.60. The Labute approximate surface area is 163 Å². The number of hydrogen-bond acceptors (Lipinski definition) is 3. The van der Waals surface area contributed by atoms with E-state index in [1.54, 1.807) is 0 Å². The summed E-state index contributed by atoms with van der Waals surface area (Å²) >= 11 is 0. The molecule has 1 heterocycles. The van der Waals surface area contributed by atoms with Gasteiger partial charge in [-0.1, -0.05) is 30.3 Å². The van der Waals surface area contributed by atoms with Gasteiger partial charge in [-0.3, -0.25) is 4.79 Å². The van der Waals surface area contributed by atoms with E-state index >= 15 is 0 Å². The highest BCUT2D eigenvalue weighted by Crippen LogP contribution is 2.26. The number of benzene rings is 2. The van der Waals surface area contributed by atoms with E-state index in [0.29, 0.717) is 24.9 Å². The van der Waals surface area contributed by atoms with Gasteiger partial charge in [0, 0.05) is 25.7 Å². The van der Waals surface area contributed by atoms with Crippen molar-refractivity contribution in [2.24, 2.45) is 0 Å². The maximum Gasteiger partial charge on any atom is 0.256 e. The maximum atomic E-state index is 13.5. The Balaban J connectivity index is 1.38. The van der Waals surface area contributed by atoms with Crippen molar-refractivity contribution >= 4 is 5.91 Å². The first-order chi connectivity index (χ1) is 13.4. The summed E-state index contributed by atoms with van der Waals surface area (Å²) in [5.41, 5.74) is 1.66. The summed E-state index contributed by atoms with van der Waals surface area (Å²) in [4.78, 5) is 14.4. The fraction of sp³-hybridized carbons (Fsp3) is 0.409. The number of hydrogen-bond donors (Lipinski definition) is 2. The van der Waals surface area contributed by atoms with Gasteiger partial charge in [0.15, 0.2) is 17.2 Å². The number of likely N-dealkylation sites (tertiary alicyclic amines) is 1. The van der Waals surface area contributed by atoms with Gasteiger partial charge in [0.25, 0.3) is 5.91 Å². The minimum atomic E-state index is -1.47. The van der Waals surface area contributed by atoms with Gasteiger partial charge in [0.1, 0.15) is 0 Å². The van der Waals surface area contributed by atoms with E-state index in [1.165, 1.54) is 22.1 Å². The van der Waals surface area contributed by atoms with Crippen molar-refractivity contribution in [2.75, 3.05) is 13.1 Å². The van der Waals surface area contributed by atoms with Gasteiger partial charge in [-0.25, -0.2) is 8.78 Å². The molecule has 1 amide bonds. The molecule has 0 bridgehead atoms. The molecule has 2 aliphatic rings. The smallest absolute Gasteiger partial charge is 0.256 e. The van der Waals surface area contributed by atoms with Crippen LogP contribution < -0.4 is 5.32 Å². The molecule has 1 saturated heterocycles. The van der Waals surface area contributed by atoms with Crippen LogP contribution in [0.3, 0.4) is 0 Å². The number of aliphatic hydroxyl groups is 1. The summed E-state index contributed by atoms with van der Waals surface area (Å²) in [7, 11) is 0. The normalized spacial score (nSPS) is 22.5. The third-order valence-electron chi connectivity index (χ3n) is 5.80. The lowest BCUT2D eigenvalue weighted by atomic mass is 9.91. The number of rotatable bonds is 5. The highest BCUT2D eigenvalue weighted by atomic mass is 19.2. The number of fused-ring (bicyclic) bond motifs is 1. The Bertz CT molecular complexity index is 864. The third kappa shape index (κ3) is 3.80. The molecular weight excluding hydrogens is 362 g/mol. The molecule has 1 atom stereocenters. The molecular formula is C22H24F2N2O2. The summed E-state index contributed by atoms with van der Waals surface area (Å²) in [6.07, 6.45) is 2.84. The highest BCUT2D eigenvalue weighted by molar-refractivity contribution is 5.86. The molecule has 0 saturated carbocycles. The van der Waals surface area contributed by atoms with Gasteiger partial charge in [-0.15, -0.1) is 0 Å². The van der Waals surface area contributed by atoms with Gasteiger partial charge in [0.05, 0.1) is 0 Å². The predicted octanol–water partition coefficient (Wildman–Crippen LogP) is 2.58. The fourth-order valence-electron chi connectivity index (χ4n) is 4.25. The number of nitrogens with zero attached hydrogens (tertiary/aromatic N) is 1. The van der Waals surface area contributed by atoms with E-state index in [0.717, 1.165) is 25.0 Å². The van der Waals surface area contributed by atoms with Crippen LogP contribution in [0.4, 0.5) is 8.78 Å². The van der Waals surface area contributed by atoms with Crippen molar-refractivity contribution in [3.8, 4) is 0 Å². The number of piperidine rings is 1. The highest BCUT2D eigenvalue weighted by Gasteiger charge is 2.42. The molecule has 0 radical (unpaired) electrons. The van der Waals surface area contributed by atoms with Gasteiger partial charge in [0.2, 0.25) is 0 Å². The van der Waals surface area contributed by atoms with Crippen LogP contribution in [-0.2, 0) is 24.2 Å². The van der Waals surface area contributed by atoms with Gasteiger partial charge >= 0.3 is 0 Å². The zero-order valence-corrected chi connectivity index (χ0v) is 15.6. The summed E-state index contributed by atoms with van der Waals surface area (Å²) in [6.45, 7) is 0.848. The summed E-state index contributed by atoms with van der Waals surface area (Å²) in [5, 5.41) is 14.3. The van der Waals surface area contributed by atoms with Crippen molar-refractivity contribution in [1.82, 2.24) is 10.2 Å². The molecule has 4 nitrogen and oxygen atoms in total. The molecule has 4 rings (SSSR count). The lowest BCUT2D eigenvalue weighted by Crippen LogP contribution is -2.58. The monoisotopic (exact) mass is 386 g/mol. The predicted molar refractivity (Wildman–Crippen MR) is 102 cm³/mol. The second-order valence-corrected chi connectivity index (χ2v) is 7.87. The van der Waals surface area contributed by atoms with Crippen LogP contribution in [0.15, 0.2) is 42.5 Å². The topological polar surface area (TPSA) is 52.6 Å². The quantitative estimate of drug-likeness (QED) is 0.831. The van der Waals surface area contributed by atoms with E-state index in [9.17, 15) is 18.7 Å². The Morgan fingerprint density at radius 1 is 1.11 bits per heavy atom. The Morgan fingerprint density at radius 3 is 2.50 bits per heavy atom. The number of carbonyl (C=O) groups is 1. The first kappa shape index (κ1) is 19.0. The van der Waals surface area contributed by atoms with Crippen LogP contribution >= 0.6 is 0 Å². The Kier molecular flexibility index (Phi) is 5.17. The van der Waals surface area contributed by atoms with Gasteiger partial charge < -0.3 is 15.3 Å². The van der Waals surface area contributed by atoms with Crippen LogP contribution in [-0.4, -0.2) is 40.6 Å². The molecule has 0 spiro atoms. The lowest BCUT2D eigenvalue weighted by molar-refractivity contribution is -0.157.